The molecule has 4 nitrogen and oxygen atoms in total. The highest BCUT2D eigenvalue weighted by molar-refractivity contribution is 7.99. The summed E-state index contributed by atoms with van der Waals surface area (Å²) in [5.41, 5.74) is 2.40. The first kappa shape index (κ1) is 17.0. The van der Waals surface area contributed by atoms with Crippen LogP contribution in [0.2, 0.25) is 0 Å². The number of hydrogen-bond acceptors (Lipinski definition) is 6. The summed E-state index contributed by atoms with van der Waals surface area (Å²) in [5, 5.41) is 9.16. The van der Waals surface area contributed by atoms with Gasteiger partial charge in [-0.3, -0.25) is 4.79 Å². The minimum Gasteiger partial charge on any atom is -0.481 e. The van der Waals surface area contributed by atoms with Crippen LogP contribution in [0, 0.1) is 0 Å². The first-order valence-corrected chi connectivity index (χ1v) is 8.85. The van der Waals surface area contributed by atoms with Gasteiger partial charge in [-0.15, -0.1) is 25.3 Å². The van der Waals surface area contributed by atoms with Gasteiger partial charge in [0.15, 0.2) is 5.76 Å². The van der Waals surface area contributed by atoms with Crippen molar-refractivity contribution in [3.63, 3.8) is 0 Å². The van der Waals surface area contributed by atoms with Crippen molar-refractivity contribution in [1.29, 1.82) is 0 Å². The van der Waals surface area contributed by atoms with Gasteiger partial charge in [0.1, 0.15) is 11.4 Å². The summed E-state index contributed by atoms with van der Waals surface area (Å²) in [5.74, 6) is -0.423. The van der Waals surface area contributed by atoms with Crippen molar-refractivity contribution in [1.82, 2.24) is 4.98 Å². The molecule has 0 saturated heterocycles. The smallest absolute Gasteiger partial charge is 0.314 e. The Hall–Kier alpha value is -1.83. The van der Waals surface area contributed by atoms with Gasteiger partial charge in [0, 0.05) is 20.9 Å². The third-order valence-corrected chi connectivity index (χ3v) is 4.61. The van der Waals surface area contributed by atoms with E-state index in [0.717, 1.165) is 32.7 Å². The Morgan fingerprint density at radius 3 is 2.08 bits per heavy atom. The number of thioether (sulfide) groups is 1. The second kappa shape index (κ2) is 7.38. The third-order valence-electron chi connectivity index (χ3n) is 3.20. The van der Waals surface area contributed by atoms with Gasteiger partial charge >= 0.3 is 5.97 Å². The van der Waals surface area contributed by atoms with Crippen LogP contribution in [0.3, 0.4) is 0 Å². The number of thiol groups is 2. The summed E-state index contributed by atoms with van der Waals surface area (Å²) in [6.45, 7) is 0. The zero-order valence-electron chi connectivity index (χ0n) is 12.3. The Labute approximate surface area is 154 Å². The molecule has 0 aliphatic rings. The number of aromatic nitrogens is 1. The SMILES string of the molecule is O=C(O)CSc1nc(-c2ccc(S)cc2)c(-c2ccc(S)cc2)o1. The highest BCUT2D eigenvalue weighted by Crippen LogP contribution is 2.36. The van der Waals surface area contributed by atoms with Crippen LogP contribution in [0.4, 0.5) is 0 Å². The number of oxazole rings is 1. The summed E-state index contributed by atoms with van der Waals surface area (Å²) >= 11 is 9.63. The number of benzene rings is 2. The molecule has 0 bridgehead atoms. The number of carbonyl (C=O) groups is 1. The van der Waals surface area contributed by atoms with E-state index in [1.165, 1.54) is 0 Å². The zero-order chi connectivity index (χ0) is 17.1. The van der Waals surface area contributed by atoms with Crippen LogP contribution < -0.4 is 0 Å². The molecule has 122 valence electrons. The molecule has 1 N–H and O–H groups in total. The van der Waals surface area contributed by atoms with E-state index < -0.39 is 5.97 Å². The van der Waals surface area contributed by atoms with Crippen LogP contribution in [0.5, 0.6) is 0 Å². The molecular formula is C17H13NO3S3. The van der Waals surface area contributed by atoms with E-state index in [1.807, 2.05) is 48.5 Å². The average Bonchev–Trinajstić information content (AvgIpc) is 2.98. The Kier molecular flexibility index (Phi) is 5.23. The molecule has 0 saturated carbocycles. The molecule has 0 aliphatic carbocycles. The maximum Gasteiger partial charge on any atom is 0.314 e. The predicted molar refractivity (Wildman–Crippen MR) is 100 cm³/mol. The number of hydrogen-bond donors (Lipinski definition) is 3. The second-order valence-corrected chi connectivity index (χ2v) is 6.89. The minimum atomic E-state index is -0.917. The van der Waals surface area contributed by atoms with Crippen molar-refractivity contribution < 1.29 is 14.3 Å². The Morgan fingerprint density at radius 2 is 1.54 bits per heavy atom. The average molecular weight is 375 g/mol. The van der Waals surface area contributed by atoms with Gasteiger partial charge in [-0.25, -0.2) is 4.98 Å². The van der Waals surface area contributed by atoms with Gasteiger partial charge in [-0.2, -0.15) is 0 Å². The summed E-state index contributed by atoms with van der Waals surface area (Å²) in [6.07, 6.45) is 0. The molecule has 3 aromatic rings. The topological polar surface area (TPSA) is 63.3 Å². The van der Waals surface area contributed by atoms with Gasteiger partial charge < -0.3 is 9.52 Å². The molecule has 0 spiro atoms. The van der Waals surface area contributed by atoms with E-state index in [9.17, 15) is 4.79 Å². The molecule has 0 fully saturated rings. The highest BCUT2D eigenvalue weighted by atomic mass is 32.2. The molecule has 7 heteroatoms. The standard InChI is InChI=1S/C17H13NO3S3/c19-14(20)9-24-17-18-15(10-1-5-12(22)6-2-10)16(21-17)11-3-7-13(23)8-4-11/h1-8,22-23H,9H2,(H,19,20). The number of carboxylic acids is 1. The fourth-order valence-corrected chi connectivity index (χ4v) is 2.95. The van der Waals surface area contributed by atoms with E-state index in [1.54, 1.807) is 0 Å². The van der Waals surface area contributed by atoms with Crippen LogP contribution in [-0.4, -0.2) is 21.8 Å². The first-order valence-electron chi connectivity index (χ1n) is 6.97. The lowest BCUT2D eigenvalue weighted by atomic mass is 10.1. The van der Waals surface area contributed by atoms with E-state index in [0.29, 0.717) is 16.7 Å². The number of aliphatic carboxylic acids is 1. The summed E-state index contributed by atoms with van der Waals surface area (Å²) < 4.78 is 5.82. The van der Waals surface area contributed by atoms with Crippen LogP contribution in [-0.2, 0) is 4.79 Å². The number of nitrogens with zero attached hydrogens (tertiary/aromatic N) is 1. The molecule has 0 aliphatic heterocycles. The number of rotatable bonds is 5. The van der Waals surface area contributed by atoms with Gasteiger partial charge in [0.05, 0.1) is 0 Å². The Balaban J connectivity index is 2.05. The fourth-order valence-electron chi connectivity index (χ4n) is 2.11. The monoisotopic (exact) mass is 375 g/mol. The van der Waals surface area contributed by atoms with Gasteiger partial charge in [0.2, 0.25) is 0 Å². The molecule has 0 amide bonds. The van der Waals surface area contributed by atoms with E-state index >= 15 is 0 Å². The molecule has 3 rings (SSSR count). The summed E-state index contributed by atoms with van der Waals surface area (Å²) in [4.78, 5) is 16.9. The normalized spacial score (nSPS) is 10.8. The van der Waals surface area contributed by atoms with Crippen LogP contribution in [0.1, 0.15) is 0 Å². The van der Waals surface area contributed by atoms with Crippen LogP contribution in [0.25, 0.3) is 22.6 Å². The van der Waals surface area contributed by atoms with Crippen molar-refractivity contribution in [2.45, 2.75) is 15.0 Å². The predicted octanol–water partition coefficient (Wildman–Crippen LogP) is 4.76. The maximum atomic E-state index is 10.8. The largest absolute Gasteiger partial charge is 0.481 e. The van der Waals surface area contributed by atoms with Crippen molar-refractivity contribution in [3.8, 4) is 22.6 Å². The molecule has 0 radical (unpaired) electrons. The van der Waals surface area contributed by atoms with Crippen molar-refractivity contribution in [2.24, 2.45) is 0 Å². The van der Waals surface area contributed by atoms with Crippen LogP contribution >= 0.6 is 37.0 Å². The zero-order valence-corrected chi connectivity index (χ0v) is 14.9. The lowest BCUT2D eigenvalue weighted by molar-refractivity contribution is -0.133. The molecule has 1 aromatic heterocycles. The molecule has 0 atom stereocenters. The lowest BCUT2D eigenvalue weighted by Crippen LogP contribution is -1.97. The molecule has 24 heavy (non-hydrogen) atoms. The molecule has 2 aromatic carbocycles. The van der Waals surface area contributed by atoms with E-state index in [-0.39, 0.29) is 5.75 Å². The van der Waals surface area contributed by atoms with E-state index in [2.05, 4.69) is 30.2 Å². The molecular weight excluding hydrogens is 362 g/mol. The van der Waals surface area contributed by atoms with Crippen LogP contribution in [0.15, 0.2) is 68.0 Å². The van der Waals surface area contributed by atoms with Gasteiger partial charge in [0.25, 0.3) is 5.22 Å². The summed E-state index contributed by atoms with van der Waals surface area (Å²) in [6, 6.07) is 15.1. The van der Waals surface area contributed by atoms with Gasteiger partial charge in [-0.1, -0.05) is 36.0 Å². The highest BCUT2D eigenvalue weighted by Gasteiger charge is 2.18. The Bertz CT molecular complexity index is 795. The van der Waals surface area contributed by atoms with Crippen molar-refractivity contribution in [2.75, 3.05) is 5.75 Å². The maximum absolute atomic E-state index is 10.8. The summed E-state index contributed by atoms with van der Waals surface area (Å²) in [7, 11) is 0. The fraction of sp³-hybridized carbons (Fsp3) is 0.0588. The Morgan fingerprint density at radius 1 is 1.00 bits per heavy atom. The lowest BCUT2D eigenvalue weighted by Gasteiger charge is -2.02. The second-order valence-electron chi connectivity index (χ2n) is 4.93. The minimum absolute atomic E-state index is 0.107. The van der Waals surface area contributed by atoms with E-state index in [4.69, 9.17) is 9.52 Å². The molecule has 1 heterocycles. The van der Waals surface area contributed by atoms with Crippen molar-refractivity contribution >= 4 is 43.0 Å². The molecule has 0 unspecified atom stereocenters. The van der Waals surface area contributed by atoms with Crippen molar-refractivity contribution in [3.05, 3.63) is 48.5 Å². The third kappa shape index (κ3) is 3.98. The number of carboxylic acid groups (broad SMARTS) is 1. The van der Waals surface area contributed by atoms with Gasteiger partial charge in [-0.05, 0) is 24.3 Å². The first-order chi connectivity index (χ1) is 11.5. The quantitative estimate of drug-likeness (QED) is 0.443.